The molecule has 2 heterocycles. The van der Waals surface area contributed by atoms with Gasteiger partial charge in [0.25, 0.3) is 5.78 Å². The molecule has 21 heavy (non-hydrogen) atoms. The van der Waals surface area contributed by atoms with Crippen LogP contribution in [-0.2, 0) is 12.8 Å². The molecule has 106 valence electrons. The summed E-state index contributed by atoms with van der Waals surface area (Å²) in [6, 6.07) is 6.43. The van der Waals surface area contributed by atoms with E-state index in [0.29, 0.717) is 5.78 Å². The zero-order valence-electron chi connectivity index (χ0n) is 12.2. The number of rotatable bonds is 2. The number of nitrogens with zero attached hydrogens (tertiary/aromatic N) is 4. The summed E-state index contributed by atoms with van der Waals surface area (Å²) in [5, 5.41) is 11.6. The zero-order valence-corrected chi connectivity index (χ0v) is 12.2. The molecule has 0 bridgehead atoms. The summed E-state index contributed by atoms with van der Waals surface area (Å²) < 4.78 is 1.94. The zero-order chi connectivity index (χ0) is 14.4. The average molecular weight is 279 g/mol. The topological polar surface area (TPSA) is 55.1 Å². The van der Waals surface area contributed by atoms with Crippen LogP contribution in [0.25, 0.3) is 5.78 Å². The highest BCUT2D eigenvalue weighted by molar-refractivity contribution is 5.65. The minimum absolute atomic E-state index is 0.669. The Morgan fingerprint density at radius 1 is 1.14 bits per heavy atom. The number of hydrogen-bond donors (Lipinski definition) is 1. The lowest BCUT2D eigenvalue weighted by Crippen LogP contribution is -2.05. The van der Waals surface area contributed by atoms with Crippen molar-refractivity contribution in [3.8, 4) is 0 Å². The van der Waals surface area contributed by atoms with Crippen molar-refractivity contribution in [2.24, 2.45) is 0 Å². The predicted molar refractivity (Wildman–Crippen MR) is 82.0 cm³/mol. The Kier molecular flexibility index (Phi) is 2.67. The summed E-state index contributed by atoms with van der Waals surface area (Å²) in [5.41, 5.74) is 6.12. The summed E-state index contributed by atoms with van der Waals surface area (Å²) in [7, 11) is 0. The normalized spacial score (nSPS) is 13.6. The first-order chi connectivity index (χ1) is 10.2. The van der Waals surface area contributed by atoms with Gasteiger partial charge in [-0.05, 0) is 56.4 Å². The lowest BCUT2D eigenvalue weighted by Gasteiger charge is -2.14. The average Bonchev–Trinajstić information content (AvgIpc) is 3.11. The van der Waals surface area contributed by atoms with Crippen molar-refractivity contribution in [1.29, 1.82) is 0 Å². The van der Waals surface area contributed by atoms with Crippen molar-refractivity contribution in [1.82, 2.24) is 19.6 Å². The lowest BCUT2D eigenvalue weighted by molar-refractivity contribution is 0.900. The molecular formula is C16H17N5. The Labute approximate surface area is 123 Å². The molecule has 4 rings (SSSR count). The van der Waals surface area contributed by atoms with E-state index < -0.39 is 0 Å². The molecule has 1 aliphatic carbocycles. The third-order valence-electron chi connectivity index (χ3n) is 4.25. The van der Waals surface area contributed by atoms with Crippen molar-refractivity contribution in [2.45, 2.75) is 33.1 Å². The van der Waals surface area contributed by atoms with Crippen LogP contribution in [0.3, 0.4) is 0 Å². The van der Waals surface area contributed by atoms with Gasteiger partial charge in [0.2, 0.25) is 0 Å². The fraction of sp³-hybridized carbons (Fsp3) is 0.312. The molecule has 5 nitrogen and oxygen atoms in total. The Hall–Kier alpha value is -2.43. The minimum Gasteiger partial charge on any atom is -0.341 e. The third kappa shape index (κ3) is 1.96. The predicted octanol–water partition coefficient (Wildman–Crippen LogP) is 2.97. The van der Waals surface area contributed by atoms with E-state index in [2.05, 4.69) is 52.5 Å². The molecule has 1 aromatic carbocycles. The number of nitrogens with one attached hydrogen (secondary N) is 1. The molecule has 0 saturated carbocycles. The minimum atomic E-state index is 0.669. The first-order valence-electron chi connectivity index (χ1n) is 7.28. The van der Waals surface area contributed by atoms with Crippen molar-refractivity contribution >= 4 is 17.3 Å². The van der Waals surface area contributed by atoms with E-state index in [1.807, 2.05) is 4.40 Å². The number of benzene rings is 1. The standard InChI is InChI=1S/C16H17N5/c1-10-6-7-12(8-11(10)2)18-15-13-4-3-5-14(13)19-16-20-17-9-21(15)16/h6-9,18H,3-5H2,1-2H3. The number of aromatic nitrogens is 4. The van der Waals surface area contributed by atoms with E-state index in [-0.39, 0.29) is 0 Å². The summed E-state index contributed by atoms with van der Waals surface area (Å²) in [5.74, 6) is 1.72. The Balaban J connectivity index is 1.85. The Bertz CT molecular complexity index is 834. The molecule has 0 fully saturated rings. The second kappa shape index (κ2) is 4.55. The molecule has 0 radical (unpaired) electrons. The van der Waals surface area contributed by atoms with Crippen LogP contribution in [-0.4, -0.2) is 19.6 Å². The van der Waals surface area contributed by atoms with Crippen molar-refractivity contribution in [2.75, 3.05) is 5.32 Å². The van der Waals surface area contributed by atoms with Crippen LogP contribution in [0.15, 0.2) is 24.5 Å². The first-order valence-corrected chi connectivity index (χ1v) is 7.28. The largest absolute Gasteiger partial charge is 0.341 e. The maximum atomic E-state index is 4.60. The third-order valence-corrected chi connectivity index (χ3v) is 4.25. The van der Waals surface area contributed by atoms with Gasteiger partial charge in [0.05, 0.1) is 5.69 Å². The highest BCUT2D eigenvalue weighted by Gasteiger charge is 2.20. The molecule has 1 aliphatic rings. The molecule has 0 aliphatic heterocycles. The van der Waals surface area contributed by atoms with E-state index in [1.165, 1.54) is 16.7 Å². The van der Waals surface area contributed by atoms with Crippen LogP contribution >= 0.6 is 0 Å². The van der Waals surface area contributed by atoms with Crippen LogP contribution in [0.4, 0.5) is 11.5 Å². The number of anilines is 2. The van der Waals surface area contributed by atoms with Gasteiger partial charge < -0.3 is 5.32 Å². The number of hydrogen-bond acceptors (Lipinski definition) is 4. The van der Waals surface area contributed by atoms with Crippen molar-refractivity contribution in [3.05, 3.63) is 46.9 Å². The lowest BCUT2D eigenvalue weighted by atomic mass is 10.1. The number of fused-ring (bicyclic) bond motifs is 2. The quantitative estimate of drug-likeness (QED) is 0.783. The van der Waals surface area contributed by atoms with E-state index in [1.54, 1.807) is 6.33 Å². The Morgan fingerprint density at radius 2 is 2.05 bits per heavy atom. The molecule has 2 aromatic heterocycles. The summed E-state index contributed by atoms with van der Waals surface area (Å²) in [6.07, 6.45) is 4.97. The molecular weight excluding hydrogens is 262 g/mol. The molecule has 3 aromatic rings. The summed E-state index contributed by atoms with van der Waals surface area (Å²) in [4.78, 5) is 4.60. The van der Waals surface area contributed by atoms with Crippen LogP contribution in [0.2, 0.25) is 0 Å². The maximum Gasteiger partial charge on any atom is 0.256 e. The van der Waals surface area contributed by atoms with Crippen LogP contribution in [0, 0.1) is 13.8 Å². The fourth-order valence-electron chi connectivity index (χ4n) is 2.93. The van der Waals surface area contributed by atoms with E-state index in [4.69, 9.17) is 0 Å². The van der Waals surface area contributed by atoms with E-state index in [0.717, 1.165) is 36.5 Å². The SMILES string of the molecule is Cc1ccc(Nc2c3c(nc4nncn24)CCC3)cc1C. The van der Waals surface area contributed by atoms with Gasteiger partial charge in [0, 0.05) is 11.3 Å². The summed E-state index contributed by atoms with van der Waals surface area (Å²) in [6.45, 7) is 4.26. The fourth-order valence-corrected chi connectivity index (χ4v) is 2.93. The molecule has 0 saturated heterocycles. The molecule has 0 amide bonds. The van der Waals surface area contributed by atoms with Gasteiger partial charge in [0.1, 0.15) is 12.1 Å². The summed E-state index contributed by atoms with van der Waals surface area (Å²) >= 11 is 0. The molecule has 0 spiro atoms. The van der Waals surface area contributed by atoms with Gasteiger partial charge in [-0.3, -0.25) is 4.40 Å². The monoisotopic (exact) mass is 279 g/mol. The van der Waals surface area contributed by atoms with Gasteiger partial charge in [0.15, 0.2) is 0 Å². The molecule has 1 N–H and O–H groups in total. The Morgan fingerprint density at radius 3 is 2.90 bits per heavy atom. The van der Waals surface area contributed by atoms with Crippen LogP contribution < -0.4 is 5.32 Å². The first kappa shape index (κ1) is 12.3. The van der Waals surface area contributed by atoms with Crippen LogP contribution in [0.5, 0.6) is 0 Å². The van der Waals surface area contributed by atoms with Gasteiger partial charge in [-0.15, -0.1) is 10.2 Å². The van der Waals surface area contributed by atoms with E-state index >= 15 is 0 Å². The maximum absolute atomic E-state index is 4.60. The highest BCUT2D eigenvalue weighted by Crippen LogP contribution is 2.30. The highest BCUT2D eigenvalue weighted by atomic mass is 15.3. The van der Waals surface area contributed by atoms with Gasteiger partial charge in [-0.2, -0.15) is 0 Å². The van der Waals surface area contributed by atoms with Gasteiger partial charge in [-0.25, -0.2) is 4.98 Å². The second-order valence-corrected chi connectivity index (χ2v) is 5.66. The van der Waals surface area contributed by atoms with Crippen molar-refractivity contribution in [3.63, 3.8) is 0 Å². The van der Waals surface area contributed by atoms with Crippen molar-refractivity contribution < 1.29 is 0 Å². The molecule has 5 heteroatoms. The molecule has 0 unspecified atom stereocenters. The smallest absolute Gasteiger partial charge is 0.256 e. The van der Waals surface area contributed by atoms with Crippen LogP contribution in [0.1, 0.15) is 28.8 Å². The second-order valence-electron chi connectivity index (χ2n) is 5.66. The number of aryl methyl sites for hydroxylation is 3. The van der Waals surface area contributed by atoms with E-state index in [9.17, 15) is 0 Å². The molecule has 0 atom stereocenters. The van der Waals surface area contributed by atoms with Gasteiger partial charge in [-0.1, -0.05) is 6.07 Å². The van der Waals surface area contributed by atoms with Gasteiger partial charge >= 0.3 is 0 Å².